The molecule has 2 nitrogen and oxygen atoms in total. The van der Waals surface area contributed by atoms with Crippen LogP contribution in [-0.2, 0) is 13.1 Å². The van der Waals surface area contributed by atoms with E-state index in [0.717, 1.165) is 19.5 Å². The third-order valence-corrected chi connectivity index (χ3v) is 4.10. The summed E-state index contributed by atoms with van der Waals surface area (Å²) in [6, 6.07) is 21.3. The number of aliphatic hydroxyl groups excluding tert-OH is 1. The Balaban J connectivity index is 2.24. The standard InChI is InChI=1S/C23H29NO/c1-20(2)17-23(15-9-10-16-25)24(18-21-11-5-3-6-12-21)19-22-13-7-4-8-14-22/h3-8,11-14,20,23,25H,10,16-19H2,1-2H3. The fourth-order valence-electron chi connectivity index (χ4n) is 2.90. The average Bonchev–Trinajstić information content (AvgIpc) is 2.62. The lowest BCUT2D eigenvalue weighted by molar-refractivity contribution is 0.195. The first kappa shape index (κ1) is 19.2. The van der Waals surface area contributed by atoms with E-state index in [-0.39, 0.29) is 12.6 Å². The minimum absolute atomic E-state index is 0.124. The predicted octanol–water partition coefficient (Wildman–Crippen LogP) is 4.49. The second-order valence-corrected chi connectivity index (χ2v) is 6.82. The van der Waals surface area contributed by atoms with Crippen molar-refractivity contribution in [2.24, 2.45) is 5.92 Å². The Bertz CT molecular complexity index is 613. The van der Waals surface area contributed by atoms with Crippen molar-refractivity contribution in [2.75, 3.05) is 6.61 Å². The highest BCUT2D eigenvalue weighted by Gasteiger charge is 2.18. The van der Waals surface area contributed by atoms with Crippen molar-refractivity contribution in [3.05, 3.63) is 71.8 Å². The van der Waals surface area contributed by atoms with Gasteiger partial charge in [-0.3, -0.25) is 4.90 Å². The van der Waals surface area contributed by atoms with Gasteiger partial charge in [0.05, 0.1) is 12.6 Å². The zero-order valence-corrected chi connectivity index (χ0v) is 15.4. The fourth-order valence-corrected chi connectivity index (χ4v) is 2.90. The monoisotopic (exact) mass is 335 g/mol. The maximum Gasteiger partial charge on any atom is 0.0722 e. The maximum absolute atomic E-state index is 9.05. The molecule has 0 saturated heterocycles. The van der Waals surface area contributed by atoms with E-state index in [4.69, 9.17) is 5.11 Å². The van der Waals surface area contributed by atoms with Crippen LogP contribution in [0.2, 0.25) is 0 Å². The van der Waals surface area contributed by atoms with E-state index in [9.17, 15) is 0 Å². The molecule has 0 spiro atoms. The summed E-state index contributed by atoms with van der Waals surface area (Å²) in [5, 5.41) is 9.05. The van der Waals surface area contributed by atoms with Crippen LogP contribution in [0.3, 0.4) is 0 Å². The molecule has 0 fully saturated rings. The molecular weight excluding hydrogens is 306 g/mol. The Morgan fingerprint density at radius 2 is 1.40 bits per heavy atom. The number of nitrogens with zero attached hydrogens (tertiary/aromatic N) is 1. The molecule has 0 saturated carbocycles. The first-order valence-electron chi connectivity index (χ1n) is 9.10. The van der Waals surface area contributed by atoms with Crippen LogP contribution < -0.4 is 0 Å². The first-order chi connectivity index (χ1) is 12.2. The topological polar surface area (TPSA) is 23.5 Å². The zero-order valence-electron chi connectivity index (χ0n) is 15.4. The highest BCUT2D eigenvalue weighted by atomic mass is 16.2. The Morgan fingerprint density at radius 1 is 0.880 bits per heavy atom. The lowest BCUT2D eigenvalue weighted by Crippen LogP contribution is -2.34. The molecule has 132 valence electrons. The predicted molar refractivity (Wildman–Crippen MR) is 105 cm³/mol. The molecule has 1 atom stereocenters. The summed E-state index contributed by atoms with van der Waals surface area (Å²) < 4.78 is 0. The molecule has 0 aliphatic carbocycles. The van der Waals surface area contributed by atoms with E-state index in [1.165, 1.54) is 11.1 Å². The van der Waals surface area contributed by atoms with E-state index in [0.29, 0.717) is 12.3 Å². The normalized spacial score (nSPS) is 12.0. The van der Waals surface area contributed by atoms with Crippen LogP contribution in [0.5, 0.6) is 0 Å². The fraction of sp³-hybridized carbons (Fsp3) is 0.391. The van der Waals surface area contributed by atoms with Crippen molar-refractivity contribution in [3.63, 3.8) is 0 Å². The highest BCUT2D eigenvalue weighted by molar-refractivity contribution is 5.19. The largest absolute Gasteiger partial charge is 0.395 e. The molecule has 0 aromatic heterocycles. The summed E-state index contributed by atoms with van der Waals surface area (Å²) in [6.45, 7) is 6.36. The van der Waals surface area contributed by atoms with Crippen molar-refractivity contribution >= 4 is 0 Å². The van der Waals surface area contributed by atoms with E-state index in [1.54, 1.807) is 0 Å². The molecule has 2 rings (SSSR count). The van der Waals surface area contributed by atoms with Gasteiger partial charge in [-0.05, 0) is 23.5 Å². The molecule has 1 unspecified atom stereocenters. The lowest BCUT2D eigenvalue weighted by atomic mass is 10.0. The summed E-state index contributed by atoms with van der Waals surface area (Å²) >= 11 is 0. The second kappa shape index (κ2) is 10.7. The molecule has 2 aromatic rings. The van der Waals surface area contributed by atoms with E-state index in [2.05, 4.69) is 91.3 Å². The third kappa shape index (κ3) is 7.13. The first-order valence-corrected chi connectivity index (χ1v) is 9.10. The number of rotatable bonds is 8. The van der Waals surface area contributed by atoms with Gasteiger partial charge in [-0.2, -0.15) is 0 Å². The van der Waals surface area contributed by atoms with Crippen LogP contribution in [0.4, 0.5) is 0 Å². The number of hydrogen-bond acceptors (Lipinski definition) is 2. The molecule has 2 heteroatoms. The summed E-state index contributed by atoms with van der Waals surface area (Å²) in [6.07, 6.45) is 1.57. The Morgan fingerprint density at radius 3 is 1.84 bits per heavy atom. The molecule has 1 N–H and O–H groups in total. The summed E-state index contributed by atoms with van der Waals surface area (Å²) in [5.74, 6) is 7.13. The molecule has 0 aliphatic heterocycles. The molecule has 0 heterocycles. The molecular formula is C23H29NO. The molecule has 0 bridgehead atoms. The van der Waals surface area contributed by atoms with Crippen molar-refractivity contribution in [1.82, 2.24) is 4.90 Å². The minimum Gasteiger partial charge on any atom is -0.395 e. The Hall–Kier alpha value is -2.08. The van der Waals surface area contributed by atoms with Crippen LogP contribution in [0, 0.1) is 17.8 Å². The van der Waals surface area contributed by atoms with Crippen molar-refractivity contribution in [1.29, 1.82) is 0 Å². The van der Waals surface area contributed by atoms with Gasteiger partial charge in [0.25, 0.3) is 0 Å². The minimum atomic E-state index is 0.124. The summed E-state index contributed by atoms with van der Waals surface area (Å²) in [5.41, 5.74) is 2.60. The molecule has 2 aromatic carbocycles. The smallest absolute Gasteiger partial charge is 0.0722 e. The maximum atomic E-state index is 9.05. The van der Waals surface area contributed by atoms with E-state index >= 15 is 0 Å². The number of aliphatic hydroxyl groups is 1. The van der Waals surface area contributed by atoms with Crippen LogP contribution >= 0.6 is 0 Å². The Kier molecular flexibility index (Phi) is 8.25. The summed E-state index contributed by atoms with van der Waals surface area (Å²) in [4.78, 5) is 2.45. The van der Waals surface area contributed by atoms with Gasteiger partial charge in [-0.25, -0.2) is 0 Å². The molecule has 0 aliphatic rings. The van der Waals surface area contributed by atoms with Gasteiger partial charge in [0, 0.05) is 19.5 Å². The van der Waals surface area contributed by atoms with Crippen LogP contribution in [0.25, 0.3) is 0 Å². The van der Waals surface area contributed by atoms with Gasteiger partial charge in [0.1, 0.15) is 0 Å². The van der Waals surface area contributed by atoms with Gasteiger partial charge in [-0.1, -0.05) is 86.4 Å². The number of benzene rings is 2. The SMILES string of the molecule is CC(C)CC(C#CCCO)N(Cc1ccccc1)Cc1ccccc1. The van der Waals surface area contributed by atoms with Crippen LogP contribution in [-0.4, -0.2) is 22.7 Å². The molecule has 0 amide bonds. The lowest BCUT2D eigenvalue weighted by Gasteiger charge is -2.30. The number of hydrogen-bond donors (Lipinski definition) is 1. The van der Waals surface area contributed by atoms with Gasteiger partial charge < -0.3 is 5.11 Å². The Labute approximate surface area is 152 Å². The van der Waals surface area contributed by atoms with Crippen LogP contribution in [0.15, 0.2) is 60.7 Å². The van der Waals surface area contributed by atoms with Crippen molar-refractivity contribution < 1.29 is 5.11 Å². The van der Waals surface area contributed by atoms with Gasteiger partial charge in [0.2, 0.25) is 0 Å². The summed E-state index contributed by atoms with van der Waals surface area (Å²) in [7, 11) is 0. The van der Waals surface area contributed by atoms with Gasteiger partial charge in [0.15, 0.2) is 0 Å². The van der Waals surface area contributed by atoms with Crippen LogP contribution in [0.1, 0.15) is 37.8 Å². The zero-order chi connectivity index (χ0) is 17.9. The second-order valence-electron chi connectivity index (χ2n) is 6.82. The van der Waals surface area contributed by atoms with Gasteiger partial charge >= 0.3 is 0 Å². The van der Waals surface area contributed by atoms with E-state index in [1.807, 2.05) is 0 Å². The van der Waals surface area contributed by atoms with Crippen molar-refractivity contribution in [2.45, 2.75) is 45.8 Å². The van der Waals surface area contributed by atoms with Gasteiger partial charge in [-0.15, -0.1) is 0 Å². The van der Waals surface area contributed by atoms with E-state index < -0.39 is 0 Å². The van der Waals surface area contributed by atoms with Crippen molar-refractivity contribution in [3.8, 4) is 11.8 Å². The average molecular weight is 335 g/mol. The molecule has 0 radical (unpaired) electrons. The highest BCUT2D eigenvalue weighted by Crippen LogP contribution is 2.18. The molecule has 25 heavy (non-hydrogen) atoms. The third-order valence-electron chi connectivity index (χ3n) is 4.10. The quantitative estimate of drug-likeness (QED) is 0.719.